The first-order chi connectivity index (χ1) is 10.1. The number of nitrogens with zero attached hydrogens (tertiary/aromatic N) is 1. The summed E-state index contributed by atoms with van der Waals surface area (Å²) in [5, 5.41) is 0. The lowest BCUT2D eigenvalue weighted by atomic mass is 10.1. The molecule has 3 nitrogen and oxygen atoms in total. The van der Waals surface area contributed by atoms with Crippen molar-refractivity contribution in [2.45, 2.75) is 40.7 Å². The zero-order valence-electron chi connectivity index (χ0n) is 13.5. The second kappa shape index (κ2) is 7.21. The van der Waals surface area contributed by atoms with Gasteiger partial charge in [-0.1, -0.05) is 26.0 Å². The Labute approximate surface area is 127 Å². The van der Waals surface area contributed by atoms with Gasteiger partial charge in [0.2, 0.25) is 0 Å². The van der Waals surface area contributed by atoms with Crippen LogP contribution in [0.5, 0.6) is 5.75 Å². The molecule has 0 spiro atoms. The van der Waals surface area contributed by atoms with Crippen molar-refractivity contribution in [3.8, 4) is 5.75 Å². The van der Waals surface area contributed by atoms with Crippen molar-refractivity contribution in [3.05, 3.63) is 53.3 Å². The molecule has 1 heterocycles. The summed E-state index contributed by atoms with van der Waals surface area (Å²) in [4.78, 5) is 0. The monoisotopic (exact) mass is 286 g/mol. The van der Waals surface area contributed by atoms with Crippen LogP contribution in [0, 0.1) is 19.8 Å². The van der Waals surface area contributed by atoms with Crippen molar-refractivity contribution in [3.63, 3.8) is 0 Å². The SMILES string of the molecule is Cc1ccc(C)n1NCc1ccc(OCCC(C)C)cc1. The maximum atomic E-state index is 5.73. The minimum atomic E-state index is 0.682. The third kappa shape index (κ3) is 4.55. The summed E-state index contributed by atoms with van der Waals surface area (Å²) in [7, 11) is 0. The van der Waals surface area contributed by atoms with Crippen LogP contribution in [-0.4, -0.2) is 11.3 Å². The van der Waals surface area contributed by atoms with Crippen molar-refractivity contribution in [1.29, 1.82) is 0 Å². The van der Waals surface area contributed by atoms with Crippen LogP contribution in [-0.2, 0) is 6.54 Å². The summed E-state index contributed by atoms with van der Waals surface area (Å²) in [5.74, 6) is 1.63. The summed E-state index contributed by atoms with van der Waals surface area (Å²) in [5.41, 5.74) is 7.13. The maximum Gasteiger partial charge on any atom is 0.119 e. The predicted molar refractivity (Wildman–Crippen MR) is 88.4 cm³/mol. The van der Waals surface area contributed by atoms with Gasteiger partial charge in [-0.15, -0.1) is 0 Å². The van der Waals surface area contributed by atoms with Crippen LogP contribution in [0.3, 0.4) is 0 Å². The van der Waals surface area contributed by atoms with Crippen LogP contribution in [0.25, 0.3) is 0 Å². The van der Waals surface area contributed by atoms with E-state index >= 15 is 0 Å². The molecule has 3 heteroatoms. The van der Waals surface area contributed by atoms with Crippen LogP contribution in [0.4, 0.5) is 0 Å². The van der Waals surface area contributed by atoms with E-state index in [9.17, 15) is 0 Å². The number of nitrogens with one attached hydrogen (secondary N) is 1. The normalized spacial score (nSPS) is 10.9. The molecule has 1 aromatic heterocycles. The van der Waals surface area contributed by atoms with E-state index in [0.29, 0.717) is 5.92 Å². The van der Waals surface area contributed by atoms with Gasteiger partial charge < -0.3 is 10.2 Å². The Hall–Kier alpha value is -1.90. The average molecular weight is 286 g/mol. The fourth-order valence-corrected chi connectivity index (χ4v) is 2.20. The molecule has 0 amide bonds. The first kappa shape index (κ1) is 15.5. The largest absolute Gasteiger partial charge is 0.494 e. The Morgan fingerprint density at radius 2 is 1.62 bits per heavy atom. The minimum Gasteiger partial charge on any atom is -0.494 e. The van der Waals surface area contributed by atoms with E-state index in [-0.39, 0.29) is 0 Å². The van der Waals surface area contributed by atoms with Crippen molar-refractivity contribution in [2.24, 2.45) is 5.92 Å². The van der Waals surface area contributed by atoms with Gasteiger partial charge in [-0.2, -0.15) is 0 Å². The highest BCUT2D eigenvalue weighted by molar-refractivity contribution is 5.28. The molecule has 0 fully saturated rings. The van der Waals surface area contributed by atoms with Crippen molar-refractivity contribution < 1.29 is 4.74 Å². The molecule has 0 atom stereocenters. The molecular formula is C18H26N2O. The number of ether oxygens (including phenoxy) is 1. The van der Waals surface area contributed by atoms with Crippen LogP contribution in [0.2, 0.25) is 0 Å². The number of aromatic nitrogens is 1. The van der Waals surface area contributed by atoms with Crippen molar-refractivity contribution >= 4 is 0 Å². The molecule has 1 N–H and O–H groups in total. The van der Waals surface area contributed by atoms with Gasteiger partial charge in [0.1, 0.15) is 5.75 Å². The Bertz CT molecular complexity index is 536. The number of hydrogen-bond acceptors (Lipinski definition) is 2. The number of aryl methyl sites for hydroxylation is 2. The van der Waals surface area contributed by atoms with Gasteiger partial charge in [-0.05, 0) is 56.0 Å². The second-order valence-electron chi connectivity index (χ2n) is 5.96. The summed E-state index contributed by atoms with van der Waals surface area (Å²) in [6.07, 6.45) is 1.09. The van der Waals surface area contributed by atoms with Gasteiger partial charge in [0.15, 0.2) is 0 Å². The van der Waals surface area contributed by atoms with E-state index in [1.807, 2.05) is 12.1 Å². The summed E-state index contributed by atoms with van der Waals surface area (Å²) in [6, 6.07) is 12.6. The predicted octanol–water partition coefficient (Wildman–Crippen LogP) is 4.27. The Morgan fingerprint density at radius 3 is 2.19 bits per heavy atom. The Morgan fingerprint density at radius 1 is 1.00 bits per heavy atom. The first-order valence-corrected chi connectivity index (χ1v) is 7.67. The van der Waals surface area contributed by atoms with Crippen LogP contribution < -0.4 is 10.2 Å². The van der Waals surface area contributed by atoms with E-state index in [1.165, 1.54) is 17.0 Å². The molecule has 0 aliphatic rings. The van der Waals surface area contributed by atoms with Gasteiger partial charge in [0.25, 0.3) is 0 Å². The number of hydrogen-bond donors (Lipinski definition) is 1. The summed E-state index contributed by atoms with van der Waals surface area (Å²) < 4.78 is 7.85. The van der Waals surface area contributed by atoms with E-state index in [1.54, 1.807) is 0 Å². The molecule has 0 radical (unpaired) electrons. The topological polar surface area (TPSA) is 26.2 Å². The highest BCUT2D eigenvalue weighted by Crippen LogP contribution is 2.14. The Balaban J connectivity index is 1.85. The number of rotatable bonds is 7. The molecule has 0 aliphatic heterocycles. The van der Waals surface area contributed by atoms with Gasteiger partial charge >= 0.3 is 0 Å². The van der Waals surface area contributed by atoms with E-state index in [2.05, 4.69) is 62.1 Å². The third-order valence-electron chi connectivity index (χ3n) is 3.60. The molecule has 2 rings (SSSR count). The van der Waals surface area contributed by atoms with Gasteiger partial charge in [0, 0.05) is 11.4 Å². The zero-order valence-corrected chi connectivity index (χ0v) is 13.5. The molecule has 1 aromatic carbocycles. The third-order valence-corrected chi connectivity index (χ3v) is 3.60. The highest BCUT2D eigenvalue weighted by atomic mass is 16.5. The van der Waals surface area contributed by atoms with Gasteiger partial charge in [-0.3, -0.25) is 4.68 Å². The molecule has 0 unspecified atom stereocenters. The van der Waals surface area contributed by atoms with Crippen LogP contribution >= 0.6 is 0 Å². The van der Waals surface area contributed by atoms with Crippen LogP contribution in [0.15, 0.2) is 36.4 Å². The van der Waals surface area contributed by atoms with E-state index in [4.69, 9.17) is 4.74 Å². The van der Waals surface area contributed by atoms with Gasteiger partial charge in [-0.25, -0.2) is 0 Å². The summed E-state index contributed by atoms with van der Waals surface area (Å²) >= 11 is 0. The smallest absolute Gasteiger partial charge is 0.119 e. The molecule has 0 saturated heterocycles. The van der Waals surface area contributed by atoms with Crippen molar-refractivity contribution in [2.75, 3.05) is 12.0 Å². The molecule has 21 heavy (non-hydrogen) atoms. The zero-order chi connectivity index (χ0) is 15.2. The molecule has 0 aliphatic carbocycles. The fraction of sp³-hybridized carbons (Fsp3) is 0.444. The molecule has 114 valence electrons. The maximum absolute atomic E-state index is 5.73. The molecule has 2 aromatic rings. The standard InChI is InChI=1S/C18H26N2O/c1-14(2)11-12-21-18-9-7-17(8-10-18)13-19-20-15(3)5-6-16(20)4/h5-10,14,19H,11-13H2,1-4H3. The average Bonchev–Trinajstić information content (AvgIpc) is 2.77. The molecule has 0 saturated carbocycles. The quantitative estimate of drug-likeness (QED) is 0.822. The van der Waals surface area contributed by atoms with E-state index < -0.39 is 0 Å². The van der Waals surface area contributed by atoms with Gasteiger partial charge in [0.05, 0.1) is 13.2 Å². The lowest BCUT2D eigenvalue weighted by Crippen LogP contribution is -2.16. The lowest BCUT2D eigenvalue weighted by molar-refractivity contribution is 0.289. The molecular weight excluding hydrogens is 260 g/mol. The fourth-order valence-electron chi connectivity index (χ4n) is 2.20. The highest BCUT2D eigenvalue weighted by Gasteiger charge is 2.01. The van der Waals surface area contributed by atoms with E-state index in [0.717, 1.165) is 25.3 Å². The summed E-state index contributed by atoms with van der Waals surface area (Å²) in [6.45, 7) is 10.2. The molecule has 0 bridgehead atoms. The van der Waals surface area contributed by atoms with Crippen molar-refractivity contribution in [1.82, 2.24) is 4.68 Å². The first-order valence-electron chi connectivity index (χ1n) is 7.67. The number of benzene rings is 1. The van der Waals surface area contributed by atoms with Crippen LogP contribution in [0.1, 0.15) is 37.2 Å². The minimum absolute atomic E-state index is 0.682. The second-order valence-corrected chi connectivity index (χ2v) is 5.96. The lowest BCUT2D eigenvalue weighted by Gasteiger charge is -2.13. The Kier molecular flexibility index (Phi) is 5.32.